The summed E-state index contributed by atoms with van der Waals surface area (Å²) in [4.78, 5) is 131. The zero-order chi connectivity index (χ0) is 55.5. The van der Waals surface area contributed by atoms with E-state index < -0.39 is 112 Å². The fourth-order valence-electron chi connectivity index (χ4n) is 10.8. The van der Waals surface area contributed by atoms with Gasteiger partial charge in [-0.25, -0.2) is 19.2 Å². The molecular formula is C55H92N6O14. The van der Waals surface area contributed by atoms with Crippen LogP contribution in [0.3, 0.4) is 0 Å². The van der Waals surface area contributed by atoms with Gasteiger partial charge in [0.25, 0.3) is 11.6 Å². The molecule has 4 unspecified atom stereocenters. The number of carboxylic acids is 1. The van der Waals surface area contributed by atoms with Crippen molar-refractivity contribution in [3.05, 3.63) is 0 Å². The Kier molecular flexibility index (Phi) is 19.4. The van der Waals surface area contributed by atoms with Crippen molar-refractivity contribution in [1.82, 2.24) is 31.1 Å². The number of nitrogens with zero attached hydrogens (tertiary/aromatic N) is 2. The molecule has 0 aromatic carbocycles. The van der Waals surface area contributed by atoms with E-state index in [0.717, 1.165) is 32.8 Å². The molecule has 0 bridgehead atoms. The van der Waals surface area contributed by atoms with E-state index in [1.54, 1.807) is 41.5 Å². The number of Topliss-reactive ketones (excluding diaryl/α,β-unsaturated/α-hetero) is 2. The number of hydrogen-bond acceptors (Lipinski definition) is 13. The SMILES string of the molecule is C.C.CC(C)(C)OC(=O)N[C@H](C(=O)N1CC2[C@@H]([C@H]1C(=O)NC(CC1CC1)C(=O)C(=O)O)C2(C)C)C(C)(C)C.COC(=O)C(=O)C(CC1CC1)NC(=O)[C@@H]1[C@@H]2C(CN1C(=O)[C@@H](NC(=O)OC(C)(C)C)C(C)(C)C)C2(C)C. The number of fused-ring (bicyclic) bond motifs is 2. The number of nitrogens with one attached hydrogen (secondary N) is 4. The molecule has 4 aliphatic carbocycles. The Bertz CT molecular complexity index is 2210. The molecule has 6 rings (SSSR count). The number of aliphatic carboxylic acids is 1. The van der Waals surface area contributed by atoms with E-state index in [4.69, 9.17) is 9.47 Å². The fourth-order valence-corrected chi connectivity index (χ4v) is 10.8. The third-order valence-corrected chi connectivity index (χ3v) is 15.5. The monoisotopic (exact) mass is 1060 g/mol. The van der Waals surface area contributed by atoms with Crippen LogP contribution in [0.15, 0.2) is 0 Å². The topological polar surface area (TPSA) is 273 Å². The van der Waals surface area contributed by atoms with Crippen LogP contribution in [-0.4, -0.2) is 142 Å². The molecule has 6 aliphatic rings. The molecule has 6 amide bonds. The van der Waals surface area contributed by atoms with Gasteiger partial charge in [-0.15, -0.1) is 0 Å². The smallest absolute Gasteiger partial charge is 0.408 e. The molecular weight excluding hydrogens is 969 g/mol. The van der Waals surface area contributed by atoms with E-state index in [1.807, 2.05) is 55.4 Å². The summed E-state index contributed by atoms with van der Waals surface area (Å²) in [5.41, 5.74) is -3.13. The van der Waals surface area contributed by atoms with Gasteiger partial charge in [0.2, 0.25) is 23.6 Å². The highest BCUT2D eigenvalue weighted by molar-refractivity contribution is 6.36. The summed E-state index contributed by atoms with van der Waals surface area (Å²) in [6.45, 7) is 30.3. The second-order valence-corrected chi connectivity index (χ2v) is 26.7. The number of amides is 6. The molecule has 20 nitrogen and oxygen atoms in total. The van der Waals surface area contributed by atoms with Crippen LogP contribution >= 0.6 is 0 Å². The maximum absolute atomic E-state index is 13.9. The Labute approximate surface area is 445 Å². The molecule has 75 heavy (non-hydrogen) atoms. The quantitative estimate of drug-likeness (QED) is 0.0669. The summed E-state index contributed by atoms with van der Waals surface area (Å²) in [5.74, 6) is -5.68. The van der Waals surface area contributed by atoms with Gasteiger partial charge in [-0.3, -0.25) is 28.8 Å². The number of carbonyl (C=O) groups excluding carboxylic acids is 9. The number of esters is 1. The lowest BCUT2D eigenvalue weighted by Crippen LogP contribution is -2.60. The zero-order valence-electron chi connectivity index (χ0n) is 46.2. The number of ketones is 2. The van der Waals surface area contributed by atoms with Crippen LogP contribution in [0.4, 0.5) is 9.59 Å². The first kappa shape index (κ1) is 64.0. The molecule has 426 valence electrons. The van der Waals surface area contributed by atoms with Crippen LogP contribution in [0.5, 0.6) is 0 Å². The van der Waals surface area contributed by atoms with Gasteiger partial charge in [0.15, 0.2) is 0 Å². The van der Waals surface area contributed by atoms with E-state index in [9.17, 15) is 53.1 Å². The van der Waals surface area contributed by atoms with Crippen LogP contribution in [0.25, 0.3) is 0 Å². The first-order chi connectivity index (χ1) is 33.2. The van der Waals surface area contributed by atoms with E-state index in [2.05, 4.69) is 39.9 Å². The Hall–Kier alpha value is -5.30. The highest BCUT2D eigenvalue weighted by Crippen LogP contribution is 2.66. The number of carboxylic acid groups (broad SMARTS) is 1. The van der Waals surface area contributed by atoms with Crippen molar-refractivity contribution >= 4 is 59.3 Å². The van der Waals surface area contributed by atoms with Crippen LogP contribution in [0.1, 0.15) is 164 Å². The molecule has 4 saturated carbocycles. The molecule has 0 aromatic rings. The van der Waals surface area contributed by atoms with Gasteiger partial charge in [-0.05, 0) is 112 Å². The lowest BCUT2D eigenvalue weighted by atomic mass is 9.85. The zero-order valence-corrected chi connectivity index (χ0v) is 46.2. The molecule has 2 aliphatic heterocycles. The second-order valence-electron chi connectivity index (χ2n) is 26.7. The van der Waals surface area contributed by atoms with E-state index in [1.165, 1.54) is 9.80 Å². The molecule has 0 aromatic heterocycles. The minimum absolute atomic E-state index is 0. The van der Waals surface area contributed by atoms with Crippen molar-refractivity contribution in [2.24, 2.45) is 57.2 Å². The van der Waals surface area contributed by atoms with Crippen molar-refractivity contribution in [3.63, 3.8) is 0 Å². The molecule has 2 heterocycles. The highest BCUT2D eigenvalue weighted by Gasteiger charge is 2.71. The molecule has 10 atom stereocenters. The Morgan fingerprint density at radius 1 is 0.547 bits per heavy atom. The maximum Gasteiger partial charge on any atom is 0.408 e. The highest BCUT2D eigenvalue weighted by atomic mass is 16.6. The van der Waals surface area contributed by atoms with Crippen molar-refractivity contribution in [2.75, 3.05) is 20.2 Å². The van der Waals surface area contributed by atoms with Gasteiger partial charge >= 0.3 is 24.1 Å². The van der Waals surface area contributed by atoms with Crippen LogP contribution in [0.2, 0.25) is 0 Å². The standard InChI is InChI=1S/C27H43N3O7.C26H41N3O7.2CH4/c1-25(2,3)20(29-24(35)37-26(4,5)6)22(33)30-13-15-17(27(15,7)8)18(30)21(32)28-16(12-14-10-11-14)19(31)23(34)36-9;1-24(2,3)19(28-23(35)36-25(4,5)6)21(32)29-12-14-16(26(14,7)8)17(29)20(31)27-15(11-13-9-10-13)18(30)22(33)34;;/h14-18,20H,10-13H2,1-9H3,(H,28,32)(H,29,35);13-17,19H,9-12H2,1-8H3,(H,27,31)(H,28,35)(H,33,34);2*1H4/t15?,16?,17-,18-,20+;14?,15?,16-,17-,19+;;/m00../s1. The lowest BCUT2D eigenvalue weighted by Gasteiger charge is -2.38. The Morgan fingerprint density at radius 3 is 1.13 bits per heavy atom. The van der Waals surface area contributed by atoms with Crippen molar-refractivity contribution in [2.45, 2.75) is 212 Å². The summed E-state index contributed by atoms with van der Waals surface area (Å²) in [6, 6.07) is -5.68. The third-order valence-electron chi connectivity index (χ3n) is 15.5. The van der Waals surface area contributed by atoms with Gasteiger partial charge in [-0.1, -0.05) is 110 Å². The van der Waals surface area contributed by atoms with Crippen LogP contribution in [0, 0.1) is 57.2 Å². The van der Waals surface area contributed by atoms with E-state index >= 15 is 0 Å². The number of hydrogen-bond donors (Lipinski definition) is 5. The second kappa shape index (κ2) is 22.7. The van der Waals surface area contributed by atoms with Gasteiger partial charge in [0, 0.05) is 13.1 Å². The Morgan fingerprint density at radius 2 is 0.867 bits per heavy atom. The maximum atomic E-state index is 13.9. The summed E-state index contributed by atoms with van der Waals surface area (Å²) >= 11 is 0. The van der Waals surface area contributed by atoms with Gasteiger partial charge in [-0.2, -0.15) is 0 Å². The number of piperidine rings is 2. The number of carbonyl (C=O) groups is 10. The lowest BCUT2D eigenvalue weighted by molar-refractivity contribution is -0.153. The minimum atomic E-state index is -1.58. The van der Waals surface area contributed by atoms with Gasteiger partial charge < -0.3 is 50.4 Å². The summed E-state index contributed by atoms with van der Waals surface area (Å²) in [7, 11) is 1.13. The number of methoxy groups -OCH3 is 1. The van der Waals surface area contributed by atoms with Crippen LogP contribution in [-0.2, 0) is 52.6 Å². The normalized spacial score (nSPS) is 25.4. The van der Waals surface area contributed by atoms with Crippen molar-refractivity contribution < 1.29 is 67.3 Å². The molecule has 6 fully saturated rings. The third kappa shape index (κ3) is 15.4. The first-order valence-electron chi connectivity index (χ1n) is 25.8. The van der Waals surface area contributed by atoms with E-state index in [-0.39, 0.29) is 73.5 Å². The van der Waals surface area contributed by atoms with Crippen molar-refractivity contribution in [1.29, 1.82) is 0 Å². The largest absolute Gasteiger partial charge is 0.475 e. The van der Waals surface area contributed by atoms with Crippen LogP contribution < -0.4 is 21.3 Å². The first-order valence-corrected chi connectivity index (χ1v) is 25.8. The summed E-state index contributed by atoms with van der Waals surface area (Å²) in [5, 5.41) is 20.1. The number of likely N-dealkylation sites (tertiary alicyclic amines) is 2. The predicted molar refractivity (Wildman–Crippen MR) is 279 cm³/mol. The molecule has 0 spiro atoms. The Balaban J connectivity index is 0.000000385. The van der Waals surface area contributed by atoms with Gasteiger partial charge in [0.1, 0.15) is 35.4 Å². The fraction of sp³-hybridized carbons (Fsp3) is 0.818. The molecule has 2 saturated heterocycles. The number of rotatable bonds is 16. The number of alkyl carbamates (subject to hydrolysis) is 2. The predicted octanol–water partition coefficient (Wildman–Crippen LogP) is 6.06. The minimum Gasteiger partial charge on any atom is -0.475 e. The molecule has 0 radical (unpaired) electrons. The average molecular weight is 1060 g/mol. The summed E-state index contributed by atoms with van der Waals surface area (Å²) < 4.78 is 15.4. The summed E-state index contributed by atoms with van der Waals surface area (Å²) in [6.07, 6.45) is 2.88. The van der Waals surface area contributed by atoms with Gasteiger partial charge in [0.05, 0.1) is 19.2 Å². The van der Waals surface area contributed by atoms with E-state index in [0.29, 0.717) is 19.5 Å². The average Bonchev–Trinajstić information content (AvgIpc) is 4.21. The number of ether oxygens (including phenoxy) is 3. The molecule has 20 heteroatoms. The van der Waals surface area contributed by atoms with Crippen molar-refractivity contribution in [3.8, 4) is 0 Å². The molecule has 5 N–H and O–H groups in total.